The zero-order valence-electron chi connectivity index (χ0n) is 21.8. The minimum Gasteiger partial charge on any atom is -0.368 e. The fourth-order valence-corrected chi connectivity index (χ4v) is 7.16. The monoisotopic (exact) mass is 561 g/mol. The zero-order chi connectivity index (χ0) is 27.0. The Bertz CT molecular complexity index is 1430. The fraction of sp³-hybridized carbons (Fsp3) is 0.407. The number of carbonyl (C=O) groups is 1. The summed E-state index contributed by atoms with van der Waals surface area (Å²) in [6.07, 6.45) is 1.72. The van der Waals surface area contributed by atoms with Crippen molar-refractivity contribution in [2.75, 3.05) is 47.2 Å². The topological polar surface area (TPSA) is 85.9 Å². The van der Waals surface area contributed by atoms with Gasteiger partial charge < -0.3 is 14.7 Å². The number of amides is 1. The van der Waals surface area contributed by atoms with Gasteiger partial charge in [0.25, 0.3) is 10.0 Å². The van der Waals surface area contributed by atoms with E-state index in [9.17, 15) is 17.6 Å². The number of carbonyl (C=O) groups excluding carboxylic acids is 1. The van der Waals surface area contributed by atoms with Crippen molar-refractivity contribution in [2.45, 2.75) is 44.6 Å². The Morgan fingerprint density at radius 1 is 1.08 bits per heavy atom. The average molecular weight is 562 g/mol. The lowest BCUT2D eigenvalue weighted by Gasteiger charge is -2.41. The molecule has 1 amide bonds. The van der Waals surface area contributed by atoms with Crippen molar-refractivity contribution in [3.8, 4) is 0 Å². The molecule has 206 valence electrons. The van der Waals surface area contributed by atoms with Crippen LogP contribution in [-0.2, 0) is 21.2 Å². The fourth-order valence-electron chi connectivity index (χ4n) is 5.11. The first kappa shape index (κ1) is 26.4. The van der Waals surface area contributed by atoms with Gasteiger partial charge in [0, 0.05) is 51.8 Å². The average Bonchev–Trinajstić information content (AvgIpc) is 3.22. The summed E-state index contributed by atoms with van der Waals surface area (Å²) >= 11 is 1.31. The van der Waals surface area contributed by atoms with Gasteiger partial charge in [-0.05, 0) is 81.6 Å². The van der Waals surface area contributed by atoms with Crippen LogP contribution in [0.1, 0.15) is 32.3 Å². The predicted molar refractivity (Wildman–Crippen MR) is 153 cm³/mol. The molecule has 1 atom stereocenters. The Morgan fingerprint density at radius 2 is 1.79 bits per heavy atom. The van der Waals surface area contributed by atoms with E-state index in [1.807, 2.05) is 25.7 Å². The number of piperazine rings is 1. The molecule has 0 bridgehead atoms. The quantitative estimate of drug-likeness (QED) is 0.470. The standard InChI is InChI=1S/C27H32FN5O3S2.2H2/c1-18-20(3)37-27(29-18)30-38(35,36)24-9-7-23(8-10-24)31-13-15-32(16-14-31)26(34)19(2)33-12-4-5-21-17-22(28)6-11-25(21)33;;/h6-11,17,19H,4-5,12-16H2,1-3H3,(H,29,30);2*1H/t19-;;/m1../s1. The highest BCUT2D eigenvalue weighted by Gasteiger charge is 2.31. The second-order valence-corrected chi connectivity index (χ2v) is 12.7. The van der Waals surface area contributed by atoms with Gasteiger partial charge in [-0.25, -0.2) is 17.8 Å². The molecule has 0 unspecified atom stereocenters. The van der Waals surface area contributed by atoms with E-state index in [0.29, 0.717) is 31.3 Å². The minimum absolute atomic E-state index is 0. The van der Waals surface area contributed by atoms with Crippen molar-refractivity contribution in [1.29, 1.82) is 0 Å². The number of nitrogens with one attached hydrogen (secondary N) is 1. The lowest BCUT2D eigenvalue weighted by atomic mass is 9.99. The van der Waals surface area contributed by atoms with E-state index in [2.05, 4.69) is 19.5 Å². The van der Waals surface area contributed by atoms with Crippen LogP contribution >= 0.6 is 11.3 Å². The van der Waals surface area contributed by atoms with E-state index in [1.165, 1.54) is 17.4 Å². The number of aromatic nitrogens is 1. The number of thiazole rings is 1. The van der Waals surface area contributed by atoms with Crippen molar-refractivity contribution in [3.63, 3.8) is 0 Å². The van der Waals surface area contributed by atoms with E-state index in [0.717, 1.165) is 46.9 Å². The summed E-state index contributed by atoms with van der Waals surface area (Å²) in [4.78, 5) is 24.9. The molecule has 8 nitrogen and oxygen atoms in total. The second-order valence-electron chi connectivity index (χ2n) is 9.82. The molecule has 0 aliphatic carbocycles. The minimum atomic E-state index is -3.73. The van der Waals surface area contributed by atoms with E-state index >= 15 is 0 Å². The van der Waals surface area contributed by atoms with Crippen molar-refractivity contribution >= 4 is 43.8 Å². The van der Waals surface area contributed by atoms with Crippen molar-refractivity contribution < 1.29 is 20.5 Å². The number of anilines is 3. The van der Waals surface area contributed by atoms with Gasteiger partial charge in [-0.1, -0.05) is 0 Å². The molecule has 1 N–H and O–H groups in total. The molecular formula is C27H36FN5O3S2. The summed E-state index contributed by atoms with van der Waals surface area (Å²) in [6, 6.07) is 11.3. The van der Waals surface area contributed by atoms with Crippen LogP contribution in [0.3, 0.4) is 0 Å². The van der Waals surface area contributed by atoms with Crippen LogP contribution in [0, 0.1) is 19.7 Å². The number of halogens is 1. The van der Waals surface area contributed by atoms with Crippen LogP contribution in [-0.4, -0.2) is 63.0 Å². The highest BCUT2D eigenvalue weighted by atomic mass is 32.2. The van der Waals surface area contributed by atoms with Crippen LogP contribution in [0.15, 0.2) is 47.4 Å². The molecule has 3 heterocycles. The Kier molecular flexibility index (Phi) is 7.32. The van der Waals surface area contributed by atoms with Gasteiger partial charge in [-0.15, -0.1) is 11.3 Å². The first-order valence-electron chi connectivity index (χ1n) is 12.8. The van der Waals surface area contributed by atoms with Gasteiger partial charge in [0.1, 0.15) is 11.9 Å². The molecule has 2 aliphatic heterocycles. The SMILES string of the molecule is Cc1nc(NS(=O)(=O)c2ccc(N3CCN(C(=O)[C@@H](C)N4CCCc5cc(F)ccc54)CC3)cc2)sc1C.[HH].[HH]. The molecule has 0 saturated carbocycles. The van der Waals surface area contributed by atoms with Crippen LogP contribution in [0.2, 0.25) is 0 Å². The van der Waals surface area contributed by atoms with Gasteiger partial charge in [0.05, 0.1) is 10.6 Å². The van der Waals surface area contributed by atoms with Crippen LogP contribution in [0.5, 0.6) is 0 Å². The third kappa shape index (κ3) is 5.35. The van der Waals surface area contributed by atoms with E-state index in [-0.39, 0.29) is 25.5 Å². The Hall–Kier alpha value is -3.18. The first-order valence-corrected chi connectivity index (χ1v) is 15.1. The molecule has 1 saturated heterocycles. The van der Waals surface area contributed by atoms with Crippen molar-refractivity contribution in [3.05, 3.63) is 64.4 Å². The lowest BCUT2D eigenvalue weighted by molar-refractivity contribution is -0.132. The van der Waals surface area contributed by atoms with Gasteiger partial charge in [0.2, 0.25) is 5.91 Å². The smallest absolute Gasteiger partial charge is 0.263 e. The largest absolute Gasteiger partial charge is 0.368 e. The summed E-state index contributed by atoms with van der Waals surface area (Å²) in [6.45, 7) is 8.93. The van der Waals surface area contributed by atoms with Crippen molar-refractivity contribution in [2.24, 2.45) is 0 Å². The van der Waals surface area contributed by atoms with Gasteiger partial charge in [-0.2, -0.15) is 0 Å². The van der Waals surface area contributed by atoms with E-state index in [1.54, 1.807) is 36.4 Å². The second kappa shape index (κ2) is 10.5. The lowest BCUT2D eigenvalue weighted by Crippen LogP contribution is -2.55. The summed E-state index contributed by atoms with van der Waals surface area (Å²) < 4.78 is 41.8. The number of sulfonamides is 1. The number of rotatable bonds is 6. The maximum atomic E-state index is 13.7. The molecule has 2 aromatic carbocycles. The molecule has 5 rings (SSSR count). The highest BCUT2D eigenvalue weighted by molar-refractivity contribution is 7.93. The van der Waals surface area contributed by atoms with Crippen LogP contribution in [0.25, 0.3) is 0 Å². The van der Waals surface area contributed by atoms with Gasteiger partial charge in [-0.3, -0.25) is 9.52 Å². The molecule has 0 spiro atoms. The number of fused-ring (bicyclic) bond motifs is 1. The third-order valence-electron chi connectivity index (χ3n) is 7.37. The summed E-state index contributed by atoms with van der Waals surface area (Å²) in [7, 11) is -3.73. The summed E-state index contributed by atoms with van der Waals surface area (Å²) in [5.41, 5.74) is 3.63. The molecule has 0 radical (unpaired) electrons. The molecule has 38 heavy (non-hydrogen) atoms. The highest BCUT2D eigenvalue weighted by Crippen LogP contribution is 2.30. The predicted octanol–water partition coefficient (Wildman–Crippen LogP) is 4.68. The molecule has 1 aromatic heterocycles. The molecule has 11 heteroatoms. The van der Waals surface area contributed by atoms with E-state index in [4.69, 9.17) is 0 Å². The van der Waals surface area contributed by atoms with Crippen LogP contribution in [0.4, 0.5) is 20.9 Å². The normalized spacial score (nSPS) is 16.8. The molecular weight excluding hydrogens is 525 g/mol. The Labute approximate surface area is 230 Å². The molecule has 1 fully saturated rings. The van der Waals surface area contributed by atoms with Gasteiger partial charge in [0.15, 0.2) is 5.13 Å². The Morgan fingerprint density at radius 3 is 2.45 bits per heavy atom. The maximum Gasteiger partial charge on any atom is 0.263 e. The summed E-state index contributed by atoms with van der Waals surface area (Å²) in [5.74, 6) is -0.172. The third-order valence-corrected chi connectivity index (χ3v) is 9.85. The van der Waals surface area contributed by atoms with Crippen LogP contribution < -0.4 is 14.5 Å². The molecule has 2 aliphatic rings. The Balaban J connectivity index is 0.00000220. The summed E-state index contributed by atoms with van der Waals surface area (Å²) in [5, 5.41) is 0.360. The number of benzene rings is 2. The number of aryl methyl sites for hydroxylation is 3. The first-order chi connectivity index (χ1) is 18.1. The maximum absolute atomic E-state index is 13.7. The number of hydrogen-bond acceptors (Lipinski definition) is 7. The zero-order valence-corrected chi connectivity index (χ0v) is 23.4. The van der Waals surface area contributed by atoms with E-state index < -0.39 is 10.0 Å². The number of hydrogen-bond donors (Lipinski definition) is 1. The molecule has 3 aromatic rings. The van der Waals surface area contributed by atoms with Gasteiger partial charge >= 0.3 is 0 Å². The number of nitrogens with zero attached hydrogens (tertiary/aromatic N) is 4. The van der Waals surface area contributed by atoms with Crippen molar-refractivity contribution in [1.82, 2.24) is 9.88 Å².